The van der Waals surface area contributed by atoms with Crippen LogP contribution in [0, 0.1) is 0 Å². The van der Waals surface area contributed by atoms with Crippen molar-refractivity contribution in [1.29, 1.82) is 0 Å². The molecule has 4 nitrogen and oxygen atoms in total. The van der Waals surface area contributed by atoms with E-state index in [0.717, 1.165) is 12.8 Å². The van der Waals surface area contributed by atoms with Crippen LogP contribution in [-0.2, 0) is 0 Å². The fourth-order valence-corrected chi connectivity index (χ4v) is 1.43. The molecule has 1 aromatic heterocycles. The van der Waals surface area contributed by atoms with Crippen LogP contribution in [0.25, 0.3) is 0 Å². The number of hydrogen-bond donors (Lipinski definition) is 1. The highest BCUT2D eigenvalue weighted by Gasteiger charge is 2.15. The Morgan fingerprint density at radius 1 is 1.56 bits per heavy atom. The molecular weight excluding hydrogens is 204 g/mol. The number of Topliss-reactive ketones (excluding diaryl/α,β-unsaturated/α-hetero) is 1. The molecule has 16 heavy (non-hydrogen) atoms. The number of aromatic nitrogens is 1. The van der Waals surface area contributed by atoms with E-state index in [9.17, 15) is 4.79 Å². The van der Waals surface area contributed by atoms with Crippen LogP contribution in [0.5, 0.6) is 5.75 Å². The van der Waals surface area contributed by atoms with E-state index in [1.807, 2.05) is 0 Å². The molecule has 0 bridgehead atoms. The Kier molecular flexibility index (Phi) is 4.92. The fourth-order valence-electron chi connectivity index (χ4n) is 1.43. The van der Waals surface area contributed by atoms with E-state index in [4.69, 9.17) is 10.5 Å². The van der Waals surface area contributed by atoms with Crippen LogP contribution in [0.15, 0.2) is 18.5 Å². The lowest BCUT2D eigenvalue weighted by Gasteiger charge is -2.10. The maximum Gasteiger partial charge on any atom is 0.181 e. The Morgan fingerprint density at radius 3 is 2.94 bits per heavy atom. The summed E-state index contributed by atoms with van der Waals surface area (Å²) in [5, 5.41) is 0. The van der Waals surface area contributed by atoms with E-state index in [0.29, 0.717) is 17.7 Å². The van der Waals surface area contributed by atoms with Crippen molar-refractivity contribution in [3.63, 3.8) is 0 Å². The van der Waals surface area contributed by atoms with E-state index in [-0.39, 0.29) is 5.78 Å². The molecule has 0 aliphatic heterocycles. The van der Waals surface area contributed by atoms with Gasteiger partial charge in [0.25, 0.3) is 0 Å². The summed E-state index contributed by atoms with van der Waals surface area (Å²) in [6.45, 7) is 2.07. The molecular formula is C12H18N2O2. The Balaban J connectivity index is 2.71. The lowest BCUT2D eigenvalue weighted by molar-refractivity contribution is 0.0955. The van der Waals surface area contributed by atoms with Crippen molar-refractivity contribution >= 4 is 5.78 Å². The Morgan fingerprint density at radius 2 is 2.31 bits per heavy atom. The van der Waals surface area contributed by atoms with E-state index >= 15 is 0 Å². The van der Waals surface area contributed by atoms with Gasteiger partial charge in [-0.15, -0.1) is 0 Å². The molecule has 0 radical (unpaired) electrons. The molecule has 0 fully saturated rings. The Hall–Kier alpha value is -1.42. The van der Waals surface area contributed by atoms with Gasteiger partial charge in [0.2, 0.25) is 0 Å². The first-order valence-electron chi connectivity index (χ1n) is 5.47. The van der Waals surface area contributed by atoms with Crippen LogP contribution < -0.4 is 10.5 Å². The summed E-state index contributed by atoms with van der Waals surface area (Å²) < 4.78 is 5.01. The molecule has 0 amide bonds. The van der Waals surface area contributed by atoms with Crippen LogP contribution in [0.4, 0.5) is 0 Å². The van der Waals surface area contributed by atoms with Crippen LogP contribution in [0.1, 0.15) is 36.5 Å². The first kappa shape index (κ1) is 12.6. The second-order valence-corrected chi connectivity index (χ2v) is 3.73. The number of unbranched alkanes of at least 4 members (excludes halogenated alkanes) is 1. The fraction of sp³-hybridized carbons (Fsp3) is 0.500. The number of hydrogen-bond acceptors (Lipinski definition) is 4. The molecule has 88 valence electrons. The predicted octanol–water partition coefficient (Wildman–Crippen LogP) is 1.79. The number of pyridine rings is 1. The van der Waals surface area contributed by atoms with Gasteiger partial charge >= 0.3 is 0 Å². The number of carbonyl (C=O) groups excluding carboxylic acids is 1. The zero-order chi connectivity index (χ0) is 12.0. The van der Waals surface area contributed by atoms with Crippen molar-refractivity contribution in [2.24, 2.45) is 5.73 Å². The summed E-state index contributed by atoms with van der Waals surface area (Å²) in [5.41, 5.74) is 6.33. The van der Waals surface area contributed by atoms with Gasteiger partial charge < -0.3 is 10.5 Å². The molecule has 1 unspecified atom stereocenters. The molecule has 1 rings (SSSR count). The predicted molar refractivity (Wildman–Crippen MR) is 62.6 cm³/mol. The van der Waals surface area contributed by atoms with Gasteiger partial charge in [-0.05, 0) is 12.5 Å². The van der Waals surface area contributed by atoms with Crippen molar-refractivity contribution in [1.82, 2.24) is 4.98 Å². The minimum atomic E-state index is -0.436. The average molecular weight is 222 g/mol. The highest BCUT2D eigenvalue weighted by atomic mass is 16.5. The van der Waals surface area contributed by atoms with Gasteiger partial charge in [-0.3, -0.25) is 9.78 Å². The molecule has 4 heteroatoms. The third-order valence-electron chi connectivity index (χ3n) is 2.44. The quantitative estimate of drug-likeness (QED) is 0.745. The zero-order valence-electron chi connectivity index (χ0n) is 9.77. The molecule has 0 aliphatic rings. The Labute approximate surface area is 95.8 Å². The zero-order valence-corrected chi connectivity index (χ0v) is 9.77. The monoisotopic (exact) mass is 222 g/mol. The van der Waals surface area contributed by atoms with Crippen LogP contribution in [0.3, 0.4) is 0 Å². The van der Waals surface area contributed by atoms with Gasteiger partial charge in [0.15, 0.2) is 5.78 Å². The van der Waals surface area contributed by atoms with Gasteiger partial charge in [0.1, 0.15) is 5.75 Å². The highest BCUT2D eigenvalue weighted by Crippen LogP contribution is 2.13. The van der Waals surface area contributed by atoms with Crippen molar-refractivity contribution in [2.75, 3.05) is 7.11 Å². The molecule has 2 N–H and O–H groups in total. The molecule has 0 saturated carbocycles. The molecule has 0 spiro atoms. The van der Waals surface area contributed by atoms with Crippen molar-refractivity contribution in [3.8, 4) is 5.75 Å². The summed E-state index contributed by atoms with van der Waals surface area (Å²) in [4.78, 5) is 15.8. The number of ether oxygens (including phenoxy) is 1. The van der Waals surface area contributed by atoms with Crippen molar-refractivity contribution in [3.05, 3.63) is 24.0 Å². The lowest BCUT2D eigenvalue weighted by Crippen LogP contribution is -2.30. The minimum absolute atomic E-state index is 0.0696. The molecule has 1 atom stereocenters. The van der Waals surface area contributed by atoms with Crippen molar-refractivity contribution in [2.45, 2.75) is 32.2 Å². The second-order valence-electron chi connectivity index (χ2n) is 3.73. The third kappa shape index (κ3) is 3.31. The number of nitrogens with zero attached hydrogens (tertiary/aromatic N) is 1. The summed E-state index contributed by atoms with van der Waals surface area (Å²) in [6.07, 6.45) is 5.80. The smallest absolute Gasteiger partial charge is 0.181 e. The van der Waals surface area contributed by atoms with E-state index in [2.05, 4.69) is 11.9 Å². The van der Waals surface area contributed by atoms with Gasteiger partial charge in [-0.1, -0.05) is 19.8 Å². The van der Waals surface area contributed by atoms with Gasteiger partial charge in [0, 0.05) is 11.8 Å². The minimum Gasteiger partial charge on any atom is -0.495 e. The van der Waals surface area contributed by atoms with E-state index < -0.39 is 6.04 Å². The van der Waals surface area contributed by atoms with E-state index in [1.54, 1.807) is 19.4 Å². The second kappa shape index (κ2) is 6.23. The number of rotatable bonds is 6. The topological polar surface area (TPSA) is 65.2 Å². The number of nitrogens with two attached hydrogens (primary N) is 1. The highest BCUT2D eigenvalue weighted by molar-refractivity contribution is 5.99. The lowest BCUT2D eigenvalue weighted by atomic mass is 10.0. The first-order chi connectivity index (χ1) is 7.69. The van der Waals surface area contributed by atoms with Crippen LogP contribution in [0.2, 0.25) is 0 Å². The molecule has 1 aromatic rings. The number of methoxy groups -OCH3 is 1. The normalized spacial score (nSPS) is 12.2. The number of carbonyl (C=O) groups is 1. The van der Waals surface area contributed by atoms with Crippen molar-refractivity contribution < 1.29 is 9.53 Å². The maximum atomic E-state index is 11.9. The SMILES string of the molecule is CCCCC(N)C(=O)c1cncc(OC)c1. The summed E-state index contributed by atoms with van der Waals surface area (Å²) in [6, 6.07) is 1.23. The van der Waals surface area contributed by atoms with Crippen LogP contribution in [-0.4, -0.2) is 23.9 Å². The Bertz CT molecular complexity index is 353. The standard InChI is InChI=1S/C12H18N2O2/c1-3-4-5-11(13)12(15)9-6-10(16-2)8-14-7-9/h6-8,11H,3-5,13H2,1-2H3. The largest absolute Gasteiger partial charge is 0.495 e. The van der Waals surface area contributed by atoms with Crippen LogP contribution >= 0.6 is 0 Å². The maximum absolute atomic E-state index is 11.9. The summed E-state index contributed by atoms with van der Waals surface area (Å²) in [5.74, 6) is 0.508. The molecule has 0 aliphatic carbocycles. The molecule has 1 heterocycles. The third-order valence-corrected chi connectivity index (χ3v) is 2.44. The molecule has 0 aromatic carbocycles. The van der Waals surface area contributed by atoms with Gasteiger partial charge in [0.05, 0.1) is 19.3 Å². The molecule has 0 saturated heterocycles. The number of ketones is 1. The summed E-state index contributed by atoms with van der Waals surface area (Å²) in [7, 11) is 1.54. The summed E-state index contributed by atoms with van der Waals surface area (Å²) >= 11 is 0. The van der Waals surface area contributed by atoms with Gasteiger partial charge in [-0.25, -0.2) is 0 Å². The average Bonchev–Trinajstić information content (AvgIpc) is 2.35. The van der Waals surface area contributed by atoms with Gasteiger partial charge in [-0.2, -0.15) is 0 Å². The van der Waals surface area contributed by atoms with E-state index in [1.165, 1.54) is 6.20 Å². The first-order valence-corrected chi connectivity index (χ1v) is 5.47.